The Bertz CT molecular complexity index is 803. The zero-order valence-corrected chi connectivity index (χ0v) is 15.2. The lowest BCUT2D eigenvalue weighted by molar-refractivity contribution is 0.392. The third-order valence-electron chi connectivity index (χ3n) is 4.12. The first-order chi connectivity index (χ1) is 12.7. The fourth-order valence-corrected chi connectivity index (χ4v) is 2.61. The zero-order chi connectivity index (χ0) is 18.2. The van der Waals surface area contributed by atoms with Crippen molar-refractivity contribution in [1.82, 2.24) is 15.8 Å². The molecule has 2 N–H and O–H groups in total. The summed E-state index contributed by atoms with van der Waals surface area (Å²) in [5, 5.41) is 10.7. The van der Waals surface area contributed by atoms with Crippen LogP contribution >= 0.6 is 0 Å². The van der Waals surface area contributed by atoms with Crippen molar-refractivity contribution >= 4 is 5.96 Å². The van der Waals surface area contributed by atoms with Crippen molar-refractivity contribution in [1.29, 1.82) is 0 Å². The Kier molecular flexibility index (Phi) is 6.09. The lowest BCUT2D eigenvalue weighted by Gasteiger charge is -2.12. The third-order valence-corrected chi connectivity index (χ3v) is 4.12. The summed E-state index contributed by atoms with van der Waals surface area (Å²) in [5.74, 6) is 2.53. The summed E-state index contributed by atoms with van der Waals surface area (Å²) in [4.78, 5) is 4.68. The first-order valence-corrected chi connectivity index (χ1v) is 8.72. The third kappa shape index (κ3) is 4.99. The van der Waals surface area contributed by atoms with Crippen LogP contribution in [-0.4, -0.2) is 17.7 Å². The summed E-state index contributed by atoms with van der Waals surface area (Å²) in [6.07, 6.45) is 2.49. The molecule has 0 aliphatic rings. The minimum Gasteiger partial charge on any atom is -0.469 e. The molecule has 0 saturated heterocycles. The van der Waals surface area contributed by atoms with Gasteiger partial charge in [-0.25, -0.2) is 4.99 Å². The predicted octanol–water partition coefficient (Wildman–Crippen LogP) is 3.36. The molecule has 0 radical (unpaired) electrons. The highest BCUT2D eigenvalue weighted by Gasteiger charge is 2.09. The molecular formula is C20H24N4O2. The van der Waals surface area contributed by atoms with Crippen LogP contribution in [0.1, 0.15) is 28.3 Å². The molecule has 2 aromatic heterocycles. The van der Waals surface area contributed by atoms with Gasteiger partial charge in [-0.3, -0.25) is 0 Å². The zero-order valence-electron chi connectivity index (χ0n) is 15.2. The lowest BCUT2D eigenvalue weighted by atomic mass is 10.2. The van der Waals surface area contributed by atoms with E-state index >= 15 is 0 Å². The Balaban J connectivity index is 1.61. The quantitative estimate of drug-likeness (QED) is 0.504. The number of aryl methyl sites for hydroxylation is 2. The highest BCUT2D eigenvalue weighted by molar-refractivity contribution is 5.79. The second-order valence-electron chi connectivity index (χ2n) is 6.06. The maximum absolute atomic E-state index is 5.37. The molecule has 0 unspecified atom stereocenters. The monoisotopic (exact) mass is 352 g/mol. The number of guanidine groups is 1. The fraction of sp³-hybridized carbons (Fsp3) is 0.300. The number of aliphatic imine (C=N–C) groups is 1. The van der Waals surface area contributed by atoms with E-state index in [2.05, 4.69) is 32.9 Å². The Hall–Kier alpha value is -3.02. The van der Waals surface area contributed by atoms with Crippen LogP contribution in [0.4, 0.5) is 0 Å². The number of nitrogens with zero attached hydrogens (tertiary/aromatic N) is 2. The molecule has 0 spiro atoms. The van der Waals surface area contributed by atoms with E-state index in [1.807, 2.05) is 44.2 Å². The molecule has 3 aromatic rings. The highest BCUT2D eigenvalue weighted by Crippen LogP contribution is 2.11. The van der Waals surface area contributed by atoms with Gasteiger partial charge in [0.25, 0.3) is 0 Å². The summed E-state index contributed by atoms with van der Waals surface area (Å²) < 4.78 is 10.6. The van der Waals surface area contributed by atoms with Crippen molar-refractivity contribution in [3.63, 3.8) is 0 Å². The number of rotatable bonds is 7. The second kappa shape index (κ2) is 8.89. The smallest absolute Gasteiger partial charge is 0.191 e. The number of hydrogen-bond donors (Lipinski definition) is 2. The Labute approximate surface area is 153 Å². The van der Waals surface area contributed by atoms with Gasteiger partial charge in [-0.2, -0.15) is 0 Å². The van der Waals surface area contributed by atoms with E-state index in [1.165, 1.54) is 0 Å². The normalized spacial score (nSPS) is 11.5. The minimum atomic E-state index is 0.610. The number of nitrogens with one attached hydrogen (secondary N) is 2. The summed E-state index contributed by atoms with van der Waals surface area (Å²) >= 11 is 0. The topological polar surface area (TPSA) is 75.6 Å². The van der Waals surface area contributed by atoms with Crippen LogP contribution < -0.4 is 10.6 Å². The molecule has 0 aliphatic carbocycles. The molecule has 0 bridgehead atoms. The largest absolute Gasteiger partial charge is 0.469 e. The van der Waals surface area contributed by atoms with Crippen molar-refractivity contribution in [2.75, 3.05) is 6.54 Å². The summed E-state index contributed by atoms with van der Waals surface area (Å²) in [5.41, 5.74) is 3.12. The van der Waals surface area contributed by atoms with Crippen molar-refractivity contribution in [3.8, 4) is 0 Å². The Morgan fingerprint density at radius 1 is 1.08 bits per heavy atom. The Morgan fingerprint density at radius 2 is 1.92 bits per heavy atom. The molecule has 3 rings (SSSR count). The van der Waals surface area contributed by atoms with Crippen LogP contribution in [0.5, 0.6) is 0 Å². The highest BCUT2D eigenvalue weighted by atomic mass is 16.5. The summed E-state index contributed by atoms with van der Waals surface area (Å²) in [6.45, 7) is 5.82. The van der Waals surface area contributed by atoms with Crippen LogP contribution in [0.2, 0.25) is 0 Å². The summed E-state index contributed by atoms with van der Waals surface area (Å²) in [6, 6.07) is 14.1. The van der Waals surface area contributed by atoms with Gasteiger partial charge in [-0.15, -0.1) is 0 Å². The van der Waals surface area contributed by atoms with E-state index in [4.69, 9.17) is 8.94 Å². The molecule has 26 heavy (non-hydrogen) atoms. The van der Waals surface area contributed by atoms with Crippen molar-refractivity contribution in [2.24, 2.45) is 4.99 Å². The van der Waals surface area contributed by atoms with E-state index in [-0.39, 0.29) is 0 Å². The van der Waals surface area contributed by atoms with E-state index in [0.29, 0.717) is 13.1 Å². The molecule has 0 aliphatic heterocycles. The predicted molar refractivity (Wildman–Crippen MR) is 101 cm³/mol. The first-order valence-electron chi connectivity index (χ1n) is 8.72. The maximum Gasteiger partial charge on any atom is 0.191 e. The molecular weight excluding hydrogens is 328 g/mol. The molecule has 6 heteroatoms. The van der Waals surface area contributed by atoms with Gasteiger partial charge in [0.1, 0.15) is 11.5 Å². The van der Waals surface area contributed by atoms with Crippen LogP contribution in [0, 0.1) is 13.8 Å². The standard InChI is InChI=1S/C20H24N4O2/c1-15-19(16(2)26-24-15)14-23-20(21-11-10-18-9-6-12-25-18)22-13-17-7-4-3-5-8-17/h3-9,12H,10-11,13-14H2,1-2H3,(H2,21,22,23). The minimum absolute atomic E-state index is 0.610. The van der Waals surface area contributed by atoms with Gasteiger partial charge in [0.15, 0.2) is 5.96 Å². The average Bonchev–Trinajstić information content (AvgIpc) is 3.28. The molecule has 0 saturated carbocycles. The molecule has 1 aromatic carbocycles. The van der Waals surface area contributed by atoms with Gasteiger partial charge in [-0.05, 0) is 31.5 Å². The first kappa shape index (κ1) is 17.8. The Morgan fingerprint density at radius 3 is 2.62 bits per heavy atom. The van der Waals surface area contributed by atoms with Gasteiger partial charge in [0.05, 0.1) is 18.5 Å². The van der Waals surface area contributed by atoms with E-state index in [9.17, 15) is 0 Å². The van der Waals surface area contributed by atoms with Gasteiger partial charge >= 0.3 is 0 Å². The SMILES string of the molecule is Cc1noc(C)c1CNC(=NCc1ccccc1)NCCc1ccco1. The maximum atomic E-state index is 5.37. The van der Waals surface area contributed by atoms with Crippen LogP contribution in [0.25, 0.3) is 0 Å². The van der Waals surface area contributed by atoms with Gasteiger partial charge in [-0.1, -0.05) is 35.5 Å². The molecule has 0 atom stereocenters. The van der Waals surface area contributed by atoms with Gasteiger partial charge in [0.2, 0.25) is 0 Å². The molecule has 0 amide bonds. The van der Waals surface area contributed by atoms with E-state index in [1.54, 1.807) is 6.26 Å². The van der Waals surface area contributed by atoms with Gasteiger partial charge < -0.3 is 19.6 Å². The molecule has 136 valence electrons. The van der Waals surface area contributed by atoms with Crippen LogP contribution in [-0.2, 0) is 19.5 Å². The number of hydrogen-bond acceptors (Lipinski definition) is 4. The van der Waals surface area contributed by atoms with Gasteiger partial charge in [0, 0.05) is 25.1 Å². The van der Waals surface area contributed by atoms with Crippen LogP contribution in [0.15, 0.2) is 62.7 Å². The lowest BCUT2D eigenvalue weighted by Crippen LogP contribution is -2.38. The molecule has 0 fully saturated rings. The average molecular weight is 352 g/mol. The number of furan rings is 1. The van der Waals surface area contributed by atoms with E-state index < -0.39 is 0 Å². The summed E-state index contributed by atoms with van der Waals surface area (Å²) in [7, 11) is 0. The van der Waals surface area contributed by atoms with Crippen molar-refractivity contribution < 1.29 is 8.94 Å². The molecule has 6 nitrogen and oxygen atoms in total. The van der Waals surface area contributed by atoms with Crippen LogP contribution in [0.3, 0.4) is 0 Å². The van der Waals surface area contributed by atoms with Crippen molar-refractivity contribution in [2.45, 2.75) is 33.4 Å². The van der Waals surface area contributed by atoms with E-state index in [0.717, 1.165) is 47.3 Å². The molecule has 2 heterocycles. The second-order valence-corrected chi connectivity index (χ2v) is 6.06. The van der Waals surface area contributed by atoms with Crippen molar-refractivity contribution in [3.05, 3.63) is 77.1 Å². The number of benzene rings is 1. The number of aromatic nitrogens is 1. The fourth-order valence-electron chi connectivity index (χ4n) is 2.61.